The molecule has 1 fully saturated rings. The quantitative estimate of drug-likeness (QED) is 0.505. The zero-order chi connectivity index (χ0) is 21.9. The largest absolute Gasteiger partial charge is 0.379 e. The van der Waals surface area contributed by atoms with Gasteiger partial charge in [-0.3, -0.25) is 0 Å². The molecule has 1 aliphatic carbocycles. The predicted molar refractivity (Wildman–Crippen MR) is 123 cm³/mol. The number of hydrogen-bond donors (Lipinski definition) is 2. The average molecular weight is 563 g/mol. The summed E-state index contributed by atoms with van der Waals surface area (Å²) in [5.41, 5.74) is 1.90. The molecule has 1 aromatic carbocycles. The maximum absolute atomic E-state index is 13.1. The number of aromatic nitrogens is 1. The van der Waals surface area contributed by atoms with Crippen LogP contribution in [0.5, 0.6) is 0 Å². The lowest BCUT2D eigenvalue weighted by Gasteiger charge is -2.17. The number of aryl methyl sites for hydroxylation is 1. The summed E-state index contributed by atoms with van der Waals surface area (Å²) >= 11 is 6.85. The maximum Gasteiger partial charge on any atom is 0.244 e. The lowest BCUT2D eigenvalue weighted by Crippen LogP contribution is -2.26. The van der Waals surface area contributed by atoms with Crippen LogP contribution in [0.3, 0.4) is 0 Å². The Morgan fingerprint density at radius 1 is 1.17 bits per heavy atom. The van der Waals surface area contributed by atoms with Crippen LogP contribution in [-0.4, -0.2) is 45.9 Å². The molecule has 1 aliphatic rings. The second-order valence-electron chi connectivity index (χ2n) is 7.23. The van der Waals surface area contributed by atoms with E-state index < -0.39 is 10.0 Å². The molecular weight excluding hydrogens is 538 g/mol. The fraction of sp³-hybridized carbons (Fsp3) is 0.450. The summed E-state index contributed by atoms with van der Waals surface area (Å²) in [7, 11) is -0.503. The first-order valence-corrected chi connectivity index (χ1v) is 12.5. The fourth-order valence-corrected chi connectivity index (χ4v) is 5.63. The summed E-state index contributed by atoms with van der Waals surface area (Å²) in [5, 5.41) is 3.27. The van der Waals surface area contributed by atoms with Crippen molar-refractivity contribution in [3.05, 3.63) is 50.5 Å². The van der Waals surface area contributed by atoms with Crippen molar-refractivity contribution in [2.75, 3.05) is 19.5 Å². The molecular formula is C20H25Br2N3O4S. The Bertz CT molecular complexity index is 992. The normalized spacial score (nSPS) is 19.9. The highest BCUT2D eigenvalue weighted by molar-refractivity contribution is 9.10. The molecule has 1 saturated carbocycles. The number of hydrogen-bond acceptors (Lipinski definition) is 6. The first-order chi connectivity index (χ1) is 14.2. The van der Waals surface area contributed by atoms with E-state index in [4.69, 9.17) is 9.47 Å². The number of sulfonamides is 1. The van der Waals surface area contributed by atoms with Crippen LogP contribution >= 0.6 is 31.9 Å². The topological polar surface area (TPSA) is 89.5 Å². The number of halogens is 2. The molecule has 2 atom stereocenters. The fourth-order valence-electron chi connectivity index (χ4n) is 3.60. The highest BCUT2D eigenvalue weighted by Gasteiger charge is 2.35. The van der Waals surface area contributed by atoms with Gasteiger partial charge in [-0.2, -0.15) is 0 Å². The van der Waals surface area contributed by atoms with E-state index in [0.29, 0.717) is 23.1 Å². The first-order valence-electron chi connectivity index (χ1n) is 9.46. The molecule has 0 amide bonds. The number of pyridine rings is 1. The monoisotopic (exact) mass is 561 g/mol. The van der Waals surface area contributed by atoms with E-state index in [-0.39, 0.29) is 29.7 Å². The molecule has 1 heterocycles. The highest BCUT2D eigenvalue weighted by atomic mass is 79.9. The third-order valence-electron chi connectivity index (χ3n) is 5.23. The second kappa shape index (κ2) is 10.1. The van der Waals surface area contributed by atoms with Gasteiger partial charge in [0, 0.05) is 41.9 Å². The van der Waals surface area contributed by atoms with Crippen molar-refractivity contribution in [2.45, 2.75) is 49.5 Å². The number of nitrogens with one attached hydrogen (secondary N) is 2. The van der Waals surface area contributed by atoms with Gasteiger partial charge in [-0.1, -0.05) is 34.1 Å². The van der Waals surface area contributed by atoms with E-state index in [0.717, 1.165) is 15.6 Å². The lowest BCUT2D eigenvalue weighted by atomic mass is 10.1. The lowest BCUT2D eigenvalue weighted by molar-refractivity contribution is -0.0157. The van der Waals surface area contributed by atoms with Crippen LogP contribution in [0.2, 0.25) is 0 Å². The van der Waals surface area contributed by atoms with Crippen LogP contribution in [0, 0.1) is 6.92 Å². The average Bonchev–Trinajstić information content (AvgIpc) is 3.12. The number of rotatable bonds is 8. The molecule has 3 rings (SSSR count). The Morgan fingerprint density at radius 3 is 2.47 bits per heavy atom. The van der Waals surface area contributed by atoms with Crippen molar-refractivity contribution >= 4 is 47.7 Å². The van der Waals surface area contributed by atoms with Crippen molar-refractivity contribution < 1.29 is 17.9 Å². The molecule has 10 heteroatoms. The number of benzene rings is 1. The molecule has 0 unspecified atom stereocenters. The standard InChI is InChI=1S/C20H25Br2N3O4S/c1-12-5-4-6-13(19(12)22)10-24-30(26,27)18-7-14(21)11-23-20(18)25-15-8-16(28-2)17(9-15)29-3/h4-7,11,15-17,24H,8-10H2,1-3H3,(H,23,25)/t16-,17-/m1/s1. The molecule has 7 nitrogen and oxygen atoms in total. The van der Waals surface area contributed by atoms with Crippen LogP contribution < -0.4 is 10.0 Å². The Morgan fingerprint density at radius 2 is 1.83 bits per heavy atom. The van der Waals surface area contributed by atoms with Crippen LogP contribution in [0.15, 0.2) is 44.3 Å². The van der Waals surface area contributed by atoms with Gasteiger partial charge in [0.1, 0.15) is 10.7 Å². The summed E-state index contributed by atoms with van der Waals surface area (Å²) < 4.78 is 41.3. The van der Waals surface area contributed by atoms with Gasteiger partial charge in [0.05, 0.1) is 12.2 Å². The minimum Gasteiger partial charge on any atom is -0.379 e. The van der Waals surface area contributed by atoms with E-state index >= 15 is 0 Å². The minimum absolute atomic E-state index is 0.00607. The first kappa shape index (κ1) is 23.6. The van der Waals surface area contributed by atoms with Crippen molar-refractivity contribution in [1.82, 2.24) is 9.71 Å². The molecule has 0 radical (unpaired) electrons. The molecule has 164 valence electrons. The Labute approximate surface area is 194 Å². The van der Waals surface area contributed by atoms with Crippen LogP contribution in [-0.2, 0) is 26.0 Å². The van der Waals surface area contributed by atoms with E-state index in [9.17, 15) is 8.42 Å². The van der Waals surface area contributed by atoms with Crippen molar-refractivity contribution in [3.63, 3.8) is 0 Å². The molecule has 0 spiro atoms. The van der Waals surface area contributed by atoms with E-state index in [1.165, 1.54) is 0 Å². The van der Waals surface area contributed by atoms with Gasteiger partial charge < -0.3 is 14.8 Å². The zero-order valence-electron chi connectivity index (χ0n) is 17.0. The summed E-state index contributed by atoms with van der Waals surface area (Å²) in [6.45, 7) is 2.13. The second-order valence-corrected chi connectivity index (χ2v) is 10.7. The summed E-state index contributed by atoms with van der Waals surface area (Å²) in [5.74, 6) is 0.311. The van der Waals surface area contributed by atoms with E-state index in [1.807, 2.05) is 25.1 Å². The van der Waals surface area contributed by atoms with Gasteiger partial charge in [-0.15, -0.1) is 0 Å². The van der Waals surface area contributed by atoms with Crippen LogP contribution in [0.4, 0.5) is 5.82 Å². The molecule has 1 aromatic heterocycles. The Balaban J connectivity index is 1.81. The summed E-state index contributed by atoms with van der Waals surface area (Å²) in [6, 6.07) is 7.29. The van der Waals surface area contributed by atoms with Crippen LogP contribution in [0.25, 0.3) is 0 Å². The molecule has 2 N–H and O–H groups in total. The number of ether oxygens (including phenoxy) is 2. The smallest absolute Gasteiger partial charge is 0.244 e. The molecule has 2 aromatic rings. The van der Waals surface area contributed by atoms with E-state index in [2.05, 4.69) is 46.9 Å². The number of anilines is 1. The molecule has 0 aliphatic heterocycles. The van der Waals surface area contributed by atoms with Crippen LogP contribution in [0.1, 0.15) is 24.0 Å². The number of methoxy groups -OCH3 is 2. The van der Waals surface area contributed by atoms with Crippen molar-refractivity contribution in [1.29, 1.82) is 0 Å². The molecule has 0 saturated heterocycles. The SMILES string of the molecule is CO[C@@H]1CC(Nc2ncc(Br)cc2S(=O)(=O)NCc2cccc(C)c2Br)C[C@H]1OC. The summed E-state index contributed by atoms with van der Waals surface area (Å²) in [4.78, 5) is 4.42. The number of nitrogens with zero attached hydrogens (tertiary/aromatic N) is 1. The van der Waals surface area contributed by atoms with Crippen molar-refractivity contribution in [2.24, 2.45) is 0 Å². The predicted octanol–water partition coefficient (Wildman–Crippen LogP) is 4.00. The molecule has 30 heavy (non-hydrogen) atoms. The van der Waals surface area contributed by atoms with Gasteiger partial charge in [0.2, 0.25) is 10.0 Å². The van der Waals surface area contributed by atoms with Gasteiger partial charge in [0.25, 0.3) is 0 Å². The van der Waals surface area contributed by atoms with Gasteiger partial charge in [0.15, 0.2) is 0 Å². The minimum atomic E-state index is -3.81. The maximum atomic E-state index is 13.1. The van der Waals surface area contributed by atoms with E-state index in [1.54, 1.807) is 26.5 Å². The zero-order valence-corrected chi connectivity index (χ0v) is 21.0. The van der Waals surface area contributed by atoms with Gasteiger partial charge >= 0.3 is 0 Å². The Hall–Kier alpha value is -1.04. The highest BCUT2D eigenvalue weighted by Crippen LogP contribution is 2.30. The third-order valence-corrected chi connectivity index (χ3v) is 8.21. The van der Waals surface area contributed by atoms with Gasteiger partial charge in [-0.25, -0.2) is 18.1 Å². The third kappa shape index (κ3) is 5.41. The van der Waals surface area contributed by atoms with Gasteiger partial charge in [-0.05, 0) is 52.9 Å². The molecule has 0 bridgehead atoms. The Kier molecular flexibility index (Phi) is 7.92. The van der Waals surface area contributed by atoms with Crippen molar-refractivity contribution in [3.8, 4) is 0 Å². The summed E-state index contributed by atoms with van der Waals surface area (Å²) in [6.07, 6.45) is 2.90.